The van der Waals surface area contributed by atoms with Crippen LogP contribution in [-0.4, -0.2) is 64.1 Å². The Morgan fingerprint density at radius 2 is 1.90 bits per heavy atom. The van der Waals surface area contributed by atoms with Crippen LogP contribution in [0.3, 0.4) is 0 Å². The largest absolute Gasteiger partial charge is 0.479 e. The summed E-state index contributed by atoms with van der Waals surface area (Å²) < 4.78 is 5.19. The van der Waals surface area contributed by atoms with Crippen LogP contribution in [0.1, 0.15) is 5.56 Å². The molecule has 3 heterocycles. The molecule has 29 heavy (non-hydrogen) atoms. The Labute approximate surface area is 181 Å². The highest BCUT2D eigenvalue weighted by Crippen LogP contribution is 2.29. The molecular formula is C18H18Cl2N6O2S. The number of fused-ring (bicyclic) bond motifs is 1. The topological polar surface area (TPSA) is 83.5 Å². The van der Waals surface area contributed by atoms with Crippen LogP contribution in [0.25, 0.3) is 10.3 Å². The molecule has 1 saturated heterocycles. The van der Waals surface area contributed by atoms with Crippen LogP contribution in [0.5, 0.6) is 5.88 Å². The third-order valence-electron chi connectivity index (χ3n) is 4.56. The highest BCUT2D eigenvalue weighted by Gasteiger charge is 2.22. The maximum Gasteiger partial charge on any atom is 0.323 e. The Morgan fingerprint density at radius 1 is 1.17 bits per heavy atom. The predicted molar refractivity (Wildman–Crippen MR) is 114 cm³/mol. The van der Waals surface area contributed by atoms with Crippen molar-refractivity contribution in [3.8, 4) is 5.88 Å². The number of methoxy groups -OCH3 is 1. The number of halogens is 2. The quantitative estimate of drug-likeness (QED) is 0.648. The molecule has 4 rings (SSSR count). The number of thiazole rings is 1. The molecule has 1 fully saturated rings. The number of aromatic nitrogens is 3. The number of urea groups is 1. The molecule has 1 N–H and O–H groups in total. The lowest BCUT2D eigenvalue weighted by Crippen LogP contribution is -2.49. The molecule has 0 spiro atoms. The van der Waals surface area contributed by atoms with Gasteiger partial charge in [-0.05, 0) is 23.8 Å². The first-order chi connectivity index (χ1) is 14.0. The lowest BCUT2D eigenvalue weighted by molar-refractivity contribution is 0.143. The van der Waals surface area contributed by atoms with E-state index in [0.717, 1.165) is 25.2 Å². The number of ether oxygens (including phenoxy) is 1. The van der Waals surface area contributed by atoms with Gasteiger partial charge in [0, 0.05) is 42.8 Å². The first-order valence-electron chi connectivity index (χ1n) is 8.90. The number of benzene rings is 1. The van der Waals surface area contributed by atoms with Gasteiger partial charge in [0.2, 0.25) is 5.88 Å². The fraction of sp³-hybridized carbons (Fsp3) is 0.333. The third kappa shape index (κ3) is 4.69. The van der Waals surface area contributed by atoms with E-state index in [-0.39, 0.29) is 6.03 Å². The Bertz CT molecular complexity index is 1020. The standard InChI is InChI=1S/C18H18Cl2N6O2S/c1-28-15-14-16(22-10-21-15)29-17(23-14)24-18(27)26-4-2-25(3-5-26)9-11-6-12(19)8-13(20)7-11/h6-8,10H,2-5,9H2,1H3,(H,23,24,27). The van der Waals surface area contributed by atoms with Crippen molar-refractivity contribution in [2.24, 2.45) is 0 Å². The van der Waals surface area contributed by atoms with Gasteiger partial charge in [0.15, 0.2) is 15.5 Å². The molecule has 0 radical (unpaired) electrons. The van der Waals surface area contributed by atoms with Gasteiger partial charge in [-0.15, -0.1) is 0 Å². The van der Waals surface area contributed by atoms with Crippen molar-refractivity contribution < 1.29 is 9.53 Å². The van der Waals surface area contributed by atoms with Crippen LogP contribution in [0, 0.1) is 0 Å². The van der Waals surface area contributed by atoms with Crippen LogP contribution >= 0.6 is 34.5 Å². The fourth-order valence-corrected chi connectivity index (χ4v) is 4.54. The van der Waals surface area contributed by atoms with Crippen LogP contribution in [0.4, 0.5) is 9.93 Å². The molecule has 2 amide bonds. The van der Waals surface area contributed by atoms with E-state index in [4.69, 9.17) is 27.9 Å². The smallest absolute Gasteiger partial charge is 0.323 e. The predicted octanol–water partition coefficient (Wildman–Crippen LogP) is 3.75. The Morgan fingerprint density at radius 3 is 2.59 bits per heavy atom. The van der Waals surface area contributed by atoms with Gasteiger partial charge in [0.05, 0.1) is 7.11 Å². The van der Waals surface area contributed by atoms with Crippen LogP contribution in [0.15, 0.2) is 24.5 Å². The van der Waals surface area contributed by atoms with Gasteiger partial charge in [-0.25, -0.2) is 14.8 Å². The summed E-state index contributed by atoms with van der Waals surface area (Å²) in [5, 5.41) is 4.58. The van der Waals surface area contributed by atoms with Crippen molar-refractivity contribution in [2.45, 2.75) is 6.54 Å². The van der Waals surface area contributed by atoms with Crippen molar-refractivity contribution in [1.82, 2.24) is 24.8 Å². The van der Waals surface area contributed by atoms with Gasteiger partial charge >= 0.3 is 6.03 Å². The number of carbonyl (C=O) groups excluding carboxylic acids is 1. The Balaban J connectivity index is 1.34. The van der Waals surface area contributed by atoms with Gasteiger partial charge in [0.1, 0.15) is 6.33 Å². The zero-order valence-electron chi connectivity index (χ0n) is 15.6. The van der Waals surface area contributed by atoms with E-state index in [1.165, 1.54) is 24.8 Å². The van der Waals surface area contributed by atoms with Gasteiger partial charge in [-0.3, -0.25) is 10.2 Å². The molecule has 11 heteroatoms. The number of carbonyl (C=O) groups is 1. The molecule has 2 aromatic heterocycles. The van der Waals surface area contributed by atoms with Crippen molar-refractivity contribution in [3.05, 3.63) is 40.1 Å². The van der Waals surface area contributed by atoms with Crippen molar-refractivity contribution in [2.75, 3.05) is 38.6 Å². The molecule has 1 aliphatic rings. The highest BCUT2D eigenvalue weighted by molar-refractivity contribution is 7.22. The summed E-state index contributed by atoms with van der Waals surface area (Å²) in [7, 11) is 1.52. The molecule has 0 atom stereocenters. The average Bonchev–Trinajstić information content (AvgIpc) is 3.10. The number of anilines is 1. The third-order valence-corrected chi connectivity index (χ3v) is 5.87. The summed E-state index contributed by atoms with van der Waals surface area (Å²) in [4.78, 5) is 29.9. The lowest BCUT2D eigenvalue weighted by Gasteiger charge is -2.34. The second kappa shape index (κ2) is 8.66. The van der Waals surface area contributed by atoms with E-state index in [1.807, 2.05) is 12.1 Å². The molecular weight excluding hydrogens is 435 g/mol. The monoisotopic (exact) mass is 452 g/mol. The number of rotatable bonds is 4. The molecule has 0 aliphatic carbocycles. The lowest BCUT2D eigenvalue weighted by atomic mass is 10.2. The summed E-state index contributed by atoms with van der Waals surface area (Å²) in [6.45, 7) is 3.50. The van der Waals surface area contributed by atoms with E-state index in [9.17, 15) is 4.79 Å². The molecule has 1 aromatic carbocycles. The maximum atomic E-state index is 12.6. The minimum Gasteiger partial charge on any atom is -0.479 e. The molecule has 1 aliphatic heterocycles. The number of nitrogens with zero attached hydrogens (tertiary/aromatic N) is 5. The number of nitrogens with one attached hydrogen (secondary N) is 1. The fourth-order valence-electron chi connectivity index (χ4n) is 3.18. The second-order valence-corrected chi connectivity index (χ2v) is 8.38. The summed E-state index contributed by atoms with van der Waals surface area (Å²) in [6.07, 6.45) is 1.41. The summed E-state index contributed by atoms with van der Waals surface area (Å²) in [5.41, 5.74) is 1.60. The SMILES string of the molecule is COc1ncnc2sc(NC(=O)N3CCN(Cc4cc(Cl)cc(Cl)c4)CC3)nc12. The molecule has 0 bridgehead atoms. The van der Waals surface area contributed by atoms with Gasteiger partial charge in [0.25, 0.3) is 0 Å². The summed E-state index contributed by atoms with van der Waals surface area (Å²) in [6, 6.07) is 5.37. The normalized spacial score (nSPS) is 14.9. The number of hydrogen-bond acceptors (Lipinski definition) is 7. The van der Waals surface area contributed by atoms with E-state index >= 15 is 0 Å². The second-order valence-electron chi connectivity index (χ2n) is 6.53. The molecule has 3 aromatic rings. The Kier molecular flexibility index (Phi) is 6.00. The Hall–Kier alpha value is -2.20. The van der Waals surface area contributed by atoms with Crippen molar-refractivity contribution in [3.63, 3.8) is 0 Å². The van der Waals surface area contributed by atoms with Crippen molar-refractivity contribution in [1.29, 1.82) is 0 Å². The average molecular weight is 453 g/mol. The van der Waals surface area contributed by atoms with E-state index in [1.54, 1.807) is 11.0 Å². The van der Waals surface area contributed by atoms with Crippen LogP contribution < -0.4 is 10.1 Å². The maximum absolute atomic E-state index is 12.6. The molecule has 8 nitrogen and oxygen atoms in total. The van der Waals surface area contributed by atoms with E-state index in [2.05, 4.69) is 25.2 Å². The highest BCUT2D eigenvalue weighted by atomic mass is 35.5. The summed E-state index contributed by atoms with van der Waals surface area (Å²) in [5.74, 6) is 0.390. The van der Waals surface area contributed by atoms with E-state index in [0.29, 0.717) is 44.5 Å². The zero-order valence-corrected chi connectivity index (χ0v) is 17.9. The van der Waals surface area contributed by atoms with E-state index < -0.39 is 0 Å². The van der Waals surface area contributed by atoms with Crippen molar-refractivity contribution >= 4 is 56.0 Å². The van der Waals surface area contributed by atoms with Crippen LogP contribution in [0.2, 0.25) is 10.0 Å². The minimum absolute atomic E-state index is 0.179. The number of piperazine rings is 1. The van der Waals surface area contributed by atoms with Gasteiger partial charge < -0.3 is 9.64 Å². The van der Waals surface area contributed by atoms with Gasteiger partial charge in [-0.2, -0.15) is 4.98 Å². The van der Waals surface area contributed by atoms with Gasteiger partial charge in [-0.1, -0.05) is 34.5 Å². The minimum atomic E-state index is -0.179. The number of hydrogen-bond donors (Lipinski definition) is 1. The molecule has 0 unspecified atom stereocenters. The first-order valence-corrected chi connectivity index (χ1v) is 10.5. The van der Waals surface area contributed by atoms with Crippen LogP contribution in [-0.2, 0) is 6.54 Å². The molecule has 0 saturated carbocycles. The first kappa shape index (κ1) is 20.1. The zero-order chi connectivity index (χ0) is 20.4. The summed E-state index contributed by atoms with van der Waals surface area (Å²) >= 11 is 13.4. The molecule has 152 valence electrons. The number of amides is 2.